The first-order valence-electron chi connectivity index (χ1n) is 4.21. The molecule has 0 spiro atoms. The molecule has 0 fully saturated rings. The number of hydrogen-bond acceptors (Lipinski definition) is 3. The average molecular weight is 329 g/mol. The highest BCUT2D eigenvalue weighted by Crippen LogP contribution is 2.22. The summed E-state index contributed by atoms with van der Waals surface area (Å²) in [6, 6.07) is 7.76. The number of rotatable bonds is 1. The Kier molecular flexibility index (Phi) is 3.02. The minimum atomic E-state index is 0.447. The lowest BCUT2D eigenvalue weighted by atomic mass is 10.2. The first-order valence-corrected chi connectivity index (χ1v) is 5.79. The molecule has 1 heterocycles. The van der Waals surface area contributed by atoms with Gasteiger partial charge in [0.1, 0.15) is 5.82 Å². The molecule has 0 unspecified atom stereocenters. The quantitative estimate of drug-likeness (QED) is 0.874. The van der Waals surface area contributed by atoms with Gasteiger partial charge >= 0.3 is 0 Å². The van der Waals surface area contributed by atoms with E-state index in [-0.39, 0.29) is 0 Å². The van der Waals surface area contributed by atoms with Gasteiger partial charge in [0.05, 0.1) is 4.47 Å². The van der Waals surface area contributed by atoms with Crippen molar-refractivity contribution in [1.29, 1.82) is 0 Å². The Balaban J connectivity index is 2.45. The highest BCUT2D eigenvalue weighted by molar-refractivity contribution is 9.10. The van der Waals surface area contributed by atoms with E-state index in [4.69, 9.17) is 5.73 Å². The van der Waals surface area contributed by atoms with E-state index in [1.165, 1.54) is 0 Å². The van der Waals surface area contributed by atoms with E-state index >= 15 is 0 Å². The molecular formula is C10H7Br2N3. The monoisotopic (exact) mass is 327 g/mol. The predicted molar refractivity (Wildman–Crippen MR) is 67.3 cm³/mol. The molecule has 1 aromatic heterocycles. The van der Waals surface area contributed by atoms with Crippen molar-refractivity contribution < 1.29 is 0 Å². The van der Waals surface area contributed by atoms with Crippen LogP contribution in [-0.2, 0) is 0 Å². The molecule has 15 heavy (non-hydrogen) atoms. The first kappa shape index (κ1) is 10.6. The van der Waals surface area contributed by atoms with Crippen LogP contribution in [0.15, 0.2) is 39.4 Å². The number of benzene rings is 1. The van der Waals surface area contributed by atoms with Gasteiger partial charge in [-0.2, -0.15) is 0 Å². The van der Waals surface area contributed by atoms with Crippen LogP contribution in [0.1, 0.15) is 0 Å². The van der Waals surface area contributed by atoms with Gasteiger partial charge in [-0.25, -0.2) is 9.97 Å². The number of aromatic nitrogens is 2. The lowest BCUT2D eigenvalue weighted by molar-refractivity contribution is 1.17. The van der Waals surface area contributed by atoms with E-state index < -0.39 is 0 Å². The zero-order chi connectivity index (χ0) is 10.8. The normalized spacial score (nSPS) is 10.3. The minimum Gasteiger partial charge on any atom is -0.383 e. The summed E-state index contributed by atoms with van der Waals surface area (Å²) in [6.45, 7) is 0. The molecule has 2 aromatic rings. The molecule has 0 radical (unpaired) electrons. The highest BCUT2D eigenvalue weighted by atomic mass is 79.9. The Bertz CT molecular complexity index is 483. The molecule has 0 saturated heterocycles. The van der Waals surface area contributed by atoms with Crippen LogP contribution < -0.4 is 5.73 Å². The van der Waals surface area contributed by atoms with Gasteiger partial charge in [-0.3, -0.25) is 0 Å². The summed E-state index contributed by atoms with van der Waals surface area (Å²) >= 11 is 6.63. The van der Waals surface area contributed by atoms with E-state index in [1.807, 2.05) is 24.3 Å². The van der Waals surface area contributed by atoms with Gasteiger partial charge in [0.2, 0.25) is 0 Å². The summed E-state index contributed by atoms with van der Waals surface area (Å²) in [5.41, 5.74) is 6.62. The van der Waals surface area contributed by atoms with E-state index in [2.05, 4.69) is 41.8 Å². The summed E-state index contributed by atoms with van der Waals surface area (Å²) in [4.78, 5) is 8.36. The third-order valence-electron chi connectivity index (χ3n) is 1.87. The zero-order valence-electron chi connectivity index (χ0n) is 7.61. The second-order valence-electron chi connectivity index (χ2n) is 2.93. The number of nitrogen functional groups attached to an aromatic ring is 1. The molecule has 2 N–H and O–H groups in total. The molecular weight excluding hydrogens is 322 g/mol. The van der Waals surface area contributed by atoms with Crippen molar-refractivity contribution in [1.82, 2.24) is 9.97 Å². The molecule has 2 rings (SSSR count). The maximum absolute atomic E-state index is 5.68. The van der Waals surface area contributed by atoms with Gasteiger partial charge in [0, 0.05) is 16.2 Å². The van der Waals surface area contributed by atoms with E-state index in [0.717, 1.165) is 10.0 Å². The fraction of sp³-hybridized carbons (Fsp3) is 0. The van der Waals surface area contributed by atoms with E-state index in [1.54, 1.807) is 6.20 Å². The Morgan fingerprint density at radius 1 is 1.07 bits per heavy atom. The van der Waals surface area contributed by atoms with Crippen molar-refractivity contribution in [2.24, 2.45) is 0 Å². The molecule has 0 aliphatic carbocycles. The van der Waals surface area contributed by atoms with Crippen LogP contribution in [0.3, 0.4) is 0 Å². The molecule has 5 heteroatoms. The fourth-order valence-corrected chi connectivity index (χ4v) is 1.57. The maximum Gasteiger partial charge on any atom is 0.161 e. The predicted octanol–water partition coefficient (Wildman–Crippen LogP) is 3.25. The highest BCUT2D eigenvalue weighted by Gasteiger charge is 2.03. The summed E-state index contributed by atoms with van der Waals surface area (Å²) in [5.74, 6) is 1.08. The van der Waals surface area contributed by atoms with Crippen LogP contribution in [0, 0.1) is 0 Å². The molecule has 76 valence electrons. The second kappa shape index (κ2) is 4.28. The van der Waals surface area contributed by atoms with Crippen LogP contribution >= 0.6 is 31.9 Å². The maximum atomic E-state index is 5.68. The number of halogens is 2. The van der Waals surface area contributed by atoms with Crippen molar-refractivity contribution in [3.8, 4) is 11.4 Å². The van der Waals surface area contributed by atoms with Gasteiger partial charge in [0.15, 0.2) is 5.82 Å². The van der Waals surface area contributed by atoms with Crippen LogP contribution in [0.4, 0.5) is 5.82 Å². The van der Waals surface area contributed by atoms with E-state index in [9.17, 15) is 0 Å². The number of nitrogens with zero attached hydrogens (tertiary/aromatic N) is 2. The third kappa shape index (κ3) is 2.35. The Morgan fingerprint density at radius 3 is 2.33 bits per heavy atom. The van der Waals surface area contributed by atoms with Crippen molar-refractivity contribution >= 4 is 37.7 Å². The summed E-state index contributed by atoms with van der Waals surface area (Å²) < 4.78 is 1.74. The Hall–Kier alpha value is -0.940. The Morgan fingerprint density at radius 2 is 1.73 bits per heavy atom. The lowest BCUT2D eigenvalue weighted by Crippen LogP contribution is -1.96. The fourth-order valence-electron chi connectivity index (χ4n) is 1.12. The topological polar surface area (TPSA) is 51.8 Å². The van der Waals surface area contributed by atoms with Crippen LogP contribution in [0.5, 0.6) is 0 Å². The lowest BCUT2D eigenvalue weighted by Gasteiger charge is -2.02. The molecule has 0 saturated carbocycles. The standard InChI is InChI=1S/C10H7Br2N3/c11-7-3-1-6(2-4-7)10-14-5-8(12)9(13)15-10/h1-5H,(H2,13,14,15). The molecule has 3 nitrogen and oxygen atoms in total. The van der Waals surface area contributed by atoms with Crippen molar-refractivity contribution in [2.45, 2.75) is 0 Å². The number of nitrogens with two attached hydrogens (primary N) is 1. The number of hydrogen-bond donors (Lipinski definition) is 1. The van der Waals surface area contributed by atoms with Gasteiger partial charge in [-0.05, 0) is 28.1 Å². The molecule has 0 amide bonds. The molecule has 0 atom stereocenters. The molecule has 1 aromatic carbocycles. The van der Waals surface area contributed by atoms with E-state index in [0.29, 0.717) is 16.1 Å². The largest absolute Gasteiger partial charge is 0.383 e. The van der Waals surface area contributed by atoms with Crippen molar-refractivity contribution in [2.75, 3.05) is 5.73 Å². The van der Waals surface area contributed by atoms with Crippen LogP contribution in [0.2, 0.25) is 0 Å². The van der Waals surface area contributed by atoms with Gasteiger partial charge in [-0.15, -0.1) is 0 Å². The summed E-state index contributed by atoms with van der Waals surface area (Å²) in [5, 5.41) is 0. The summed E-state index contributed by atoms with van der Waals surface area (Å²) in [7, 11) is 0. The zero-order valence-corrected chi connectivity index (χ0v) is 10.8. The van der Waals surface area contributed by atoms with Crippen LogP contribution in [-0.4, -0.2) is 9.97 Å². The Labute approximate surface area is 104 Å². The summed E-state index contributed by atoms with van der Waals surface area (Å²) in [6.07, 6.45) is 1.65. The van der Waals surface area contributed by atoms with Gasteiger partial charge < -0.3 is 5.73 Å². The van der Waals surface area contributed by atoms with Crippen molar-refractivity contribution in [3.05, 3.63) is 39.4 Å². The molecule has 0 bridgehead atoms. The van der Waals surface area contributed by atoms with Crippen molar-refractivity contribution in [3.63, 3.8) is 0 Å². The van der Waals surface area contributed by atoms with Gasteiger partial charge in [0.25, 0.3) is 0 Å². The molecule has 0 aliphatic heterocycles. The first-order chi connectivity index (χ1) is 7.16. The second-order valence-corrected chi connectivity index (χ2v) is 4.70. The SMILES string of the molecule is Nc1nc(-c2ccc(Br)cc2)ncc1Br. The molecule has 0 aliphatic rings. The van der Waals surface area contributed by atoms with Gasteiger partial charge in [-0.1, -0.05) is 28.1 Å². The van der Waals surface area contributed by atoms with Crippen LogP contribution in [0.25, 0.3) is 11.4 Å². The third-order valence-corrected chi connectivity index (χ3v) is 3.01. The number of anilines is 1. The average Bonchev–Trinajstić information content (AvgIpc) is 2.23. The minimum absolute atomic E-state index is 0.447. The smallest absolute Gasteiger partial charge is 0.161 e.